The number of hydrogen-bond donors (Lipinski definition) is 0. The Balaban J connectivity index is 0.000000110. The Morgan fingerprint density at radius 3 is 0.951 bits per heavy atom. The van der Waals surface area contributed by atoms with Crippen LogP contribution in [0.25, 0.3) is 271 Å². The molecule has 12 nitrogen and oxygen atoms in total. The van der Waals surface area contributed by atoms with Gasteiger partial charge in [0.1, 0.15) is 16.0 Å². The first-order valence-corrected chi connectivity index (χ1v) is 48.2. The molecule has 664 valence electrons. The van der Waals surface area contributed by atoms with Gasteiger partial charge in [-0.1, -0.05) is 376 Å². The molecular formula is C129H80N10O2S. The van der Waals surface area contributed by atoms with Crippen molar-refractivity contribution in [2.45, 2.75) is 0 Å². The van der Waals surface area contributed by atoms with Crippen LogP contribution in [0.4, 0.5) is 0 Å². The lowest BCUT2D eigenvalue weighted by atomic mass is 9.98. The zero-order valence-electron chi connectivity index (χ0n) is 76.4. The molecule has 7 heterocycles. The molecule has 21 aromatic carbocycles. The van der Waals surface area contributed by atoms with Crippen LogP contribution in [-0.4, -0.2) is 49.4 Å². The van der Waals surface area contributed by atoms with Gasteiger partial charge in [-0.15, -0.1) is 11.3 Å². The topological polar surface area (TPSA) is 147 Å². The number of benzene rings is 21. The number of aromatic nitrogens is 10. The predicted molar refractivity (Wildman–Crippen MR) is 584 cm³/mol. The van der Waals surface area contributed by atoms with Gasteiger partial charge in [-0.25, -0.2) is 44.9 Å². The van der Waals surface area contributed by atoms with E-state index in [1.54, 1.807) is 11.3 Å². The second kappa shape index (κ2) is 35.9. The molecule has 0 unspecified atom stereocenters. The molecule has 0 spiro atoms. The Morgan fingerprint density at radius 1 is 0.190 bits per heavy atom. The fourth-order valence-corrected chi connectivity index (χ4v) is 20.6. The maximum atomic E-state index is 6.43. The normalized spacial score (nSPS) is 11.5. The lowest BCUT2D eigenvalue weighted by molar-refractivity contribution is 0.623. The van der Waals surface area contributed by atoms with Crippen LogP contribution in [0.1, 0.15) is 0 Å². The van der Waals surface area contributed by atoms with Gasteiger partial charge in [0.25, 0.3) is 0 Å². The van der Waals surface area contributed by atoms with Crippen LogP contribution in [0, 0.1) is 0 Å². The van der Waals surface area contributed by atoms with E-state index >= 15 is 0 Å². The van der Waals surface area contributed by atoms with Gasteiger partial charge in [0.15, 0.2) is 28.6 Å². The van der Waals surface area contributed by atoms with Gasteiger partial charge in [0.2, 0.25) is 11.8 Å². The van der Waals surface area contributed by atoms with E-state index < -0.39 is 0 Å². The summed E-state index contributed by atoms with van der Waals surface area (Å²) in [4.78, 5) is 45.5. The van der Waals surface area contributed by atoms with Gasteiger partial charge < -0.3 is 13.4 Å². The Hall–Kier alpha value is -19.0. The first-order valence-electron chi connectivity index (χ1n) is 47.4. The highest BCUT2D eigenvalue weighted by Crippen LogP contribution is 2.45. The number of thiazole rings is 1. The summed E-state index contributed by atoms with van der Waals surface area (Å²) >= 11 is 1.75. The van der Waals surface area contributed by atoms with Crippen LogP contribution >= 0.6 is 11.3 Å². The third kappa shape index (κ3) is 15.8. The van der Waals surface area contributed by atoms with E-state index in [1.165, 1.54) is 48.2 Å². The highest BCUT2D eigenvalue weighted by Gasteiger charge is 2.24. The summed E-state index contributed by atoms with van der Waals surface area (Å²) in [5.41, 5.74) is 27.8. The summed E-state index contributed by atoms with van der Waals surface area (Å²) in [6, 6.07) is 168. The molecule has 0 aliphatic heterocycles. The number of nitrogens with zero attached hydrogens (tertiary/aromatic N) is 10. The standard InChI is InChI=1S/C49H30N4S.C43H27N3O.C37H23N3O/c1-4-12-31(13-5-1)41-30-42(32-14-6-2-7-15-32)51-48(50-41)35-22-25-38-34(28-35)21-20-33-24-27-45-47(46(33)38)52-49(54-45)36-23-26-40-39-18-10-11-19-43(39)53(44(40)29-36)37-16-8-3-9-17-37;1-4-11-28(12-5-1)32-17-10-18-34(25-32)39-27-38(29-13-6-2-7-14-29)44-42(45-39)35-21-23-36-33(26-35)20-19-30-22-24-37-41(40(30)36)47-43(46-37)31-15-8-3-9-16-31;1-4-10-24(11-5-1)32-23-33(25-12-6-2-7-13-25)39-36(38-32)29-18-20-30-28(22-29)17-16-26-19-21-31-35(34(26)30)41-37(40-31)27-14-8-3-9-15-27/h1-30H;1-27H;1-23H. The minimum Gasteiger partial charge on any atom is -0.435 e. The summed E-state index contributed by atoms with van der Waals surface area (Å²) in [6.45, 7) is 0. The van der Waals surface area contributed by atoms with Crippen molar-refractivity contribution in [3.05, 3.63) is 485 Å². The zero-order valence-corrected chi connectivity index (χ0v) is 77.2. The third-order valence-corrected chi connectivity index (χ3v) is 27.7. The molecule has 142 heavy (non-hydrogen) atoms. The summed E-state index contributed by atoms with van der Waals surface area (Å²) in [5.74, 6) is 3.32. The Morgan fingerprint density at radius 2 is 0.514 bits per heavy atom. The van der Waals surface area contributed by atoms with E-state index in [-0.39, 0.29) is 0 Å². The van der Waals surface area contributed by atoms with Crippen molar-refractivity contribution >= 4 is 130 Å². The number of hydrogen-bond acceptors (Lipinski definition) is 12. The molecule has 0 saturated heterocycles. The first-order chi connectivity index (χ1) is 70.3. The molecule has 28 aromatic rings. The van der Waals surface area contributed by atoms with E-state index in [4.69, 9.17) is 53.7 Å². The molecule has 0 N–H and O–H groups in total. The highest BCUT2D eigenvalue weighted by atomic mass is 32.1. The largest absolute Gasteiger partial charge is 0.435 e. The van der Waals surface area contributed by atoms with Gasteiger partial charge in [0, 0.05) is 99.4 Å². The fraction of sp³-hybridized carbons (Fsp3) is 0. The van der Waals surface area contributed by atoms with Crippen LogP contribution in [0.5, 0.6) is 0 Å². The van der Waals surface area contributed by atoms with Crippen LogP contribution in [0.15, 0.2) is 494 Å². The van der Waals surface area contributed by atoms with E-state index in [9.17, 15) is 0 Å². The molecule has 0 fully saturated rings. The Bertz CT molecular complexity index is 9600. The van der Waals surface area contributed by atoms with Crippen molar-refractivity contribution in [2.75, 3.05) is 0 Å². The molecular weight excluding hydrogens is 1750 g/mol. The average molecular weight is 1830 g/mol. The predicted octanol–water partition coefficient (Wildman–Crippen LogP) is 34.0. The maximum Gasteiger partial charge on any atom is 0.227 e. The molecule has 0 aliphatic carbocycles. The highest BCUT2D eigenvalue weighted by molar-refractivity contribution is 7.21. The lowest BCUT2D eigenvalue weighted by Crippen LogP contribution is -1.96. The van der Waals surface area contributed by atoms with E-state index in [1.807, 2.05) is 170 Å². The summed E-state index contributed by atoms with van der Waals surface area (Å²) < 4.78 is 16.3. The molecule has 0 atom stereocenters. The summed E-state index contributed by atoms with van der Waals surface area (Å²) in [6.07, 6.45) is 0. The molecule has 0 aliphatic rings. The molecule has 0 amide bonds. The molecule has 28 rings (SSSR count). The number of para-hydroxylation sites is 2. The molecule has 0 bridgehead atoms. The molecule has 0 radical (unpaired) electrons. The summed E-state index contributed by atoms with van der Waals surface area (Å²) in [5, 5.41) is 16.9. The van der Waals surface area contributed by atoms with Crippen molar-refractivity contribution in [3.63, 3.8) is 0 Å². The van der Waals surface area contributed by atoms with Crippen molar-refractivity contribution in [1.82, 2.24) is 49.4 Å². The zero-order chi connectivity index (χ0) is 93.9. The minimum atomic E-state index is 0.622. The average Bonchev–Trinajstić information content (AvgIpc) is 1.56. The lowest BCUT2D eigenvalue weighted by Gasteiger charge is -2.11. The fourth-order valence-electron chi connectivity index (χ4n) is 19.7. The van der Waals surface area contributed by atoms with Crippen LogP contribution < -0.4 is 0 Å². The summed E-state index contributed by atoms with van der Waals surface area (Å²) in [7, 11) is 0. The van der Waals surface area contributed by atoms with Crippen molar-refractivity contribution in [3.8, 4) is 152 Å². The van der Waals surface area contributed by atoms with Gasteiger partial charge in [0.05, 0.1) is 55.4 Å². The molecule has 0 saturated carbocycles. The Kier molecular flexibility index (Phi) is 21.2. The van der Waals surface area contributed by atoms with Crippen molar-refractivity contribution in [2.24, 2.45) is 0 Å². The second-order valence-electron chi connectivity index (χ2n) is 35.4. The molecule has 13 heteroatoms. The SMILES string of the molecule is c1ccc(-c2cc(-c3ccccc3)nc(-c3ccc4c(ccc5ccc6nc(-c7ccccc7)oc6c54)c3)n2)cc1.c1ccc(-c2cc(-c3ccccc3)nc(-c3ccc4c(ccc5ccc6sc(-c7ccc8c9ccccc9n(-c9ccccc9)c8c7)nc6c54)c3)n2)cc1.c1ccc(-c2cccc(-c3cc(-c4ccccc4)nc(-c4ccc5c(ccc6ccc7nc(-c8ccccc8)oc7c65)c4)n3)c2)cc1. The van der Waals surface area contributed by atoms with E-state index in [2.05, 4.69) is 320 Å². The smallest absolute Gasteiger partial charge is 0.227 e. The van der Waals surface area contributed by atoms with Gasteiger partial charge in [-0.05, 0) is 169 Å². The quantitative estimate of drug-likeness (QED) is 0.0958. The van der Waals surface area contributed by atoms with Gasteiger partial charge in [-0.2, -0.15) is 0 Å². The van der Waals surface area contributed by atoms with E-state index in [0.29, 0.717) is 29.3 Å². The maximum absolute atomic E-state index is 6.43. The minimum absolute atomic E-state index is 0.622. The third-order valence-electron chi connectivity index (χ3n) is 26.6. The van der Waals surface area contributed by atoms with Crippen LogP contribution in [0.2, 0.25) is 0 Å². The van der Waals surface area contributed by atoms with Crippen LogP contribution in [0.3, 0.4) is 0 Å². The van der Waals surface area contributed by atoms with E-state index in [0.717, 1.165) is 193 Å². The van der Waals surface area contributed by atoms with Gasteiger partial charge >= 0.3 is 0 Å². The van der Waals surface area contributed by atoms with Crippen molar-refractivity contribution < 1.29 is 8.83 Å². The monoisotopic (exact) mass is 1830 g/mol. The second-order valence-corrected chi connectivity index (χ2v) is 36.4. The number of fused-ring (bicyclic) bond motifs is 18. The van der Waals surface area contributed by atoms with Crippen LogP contribution in [-0.2, 0) is 0 Å². The van der Waals surface area contributed by atoms with Gasteiger partial charge in [-0.3, -0.25) is 0 Å². The first kappa shape index (κ1) is 83.6. The molecule has 7 aromatic heterocycles. The van der Waals surface area contributed by atoms with Crippen molar-refractivity contribution in [1.29, 1.82) is 0 Å². The Labute approximate surface area is 819 Å². The number of oxazole rings is 2. The number of rotatable bonds is 14.